The average Bonchev–Trinajstić information content (AvgIpc) is 2.64. The van der Waals surface area contributed by atoms with Crippen molar-refractivity contribution in [1.29, 1.82) is 0 Å². The minimum atomic E-state index is -0.515. The van der Waals surface area contributed by atoms with E-state index >= 15 is 0 Å². The Morgan fingerprint density at radius 2 is 2.18 bits per heavy atom. The molecule has 7 heteroatoms. The molecule has 1 rings (SSSR count). The maximum absolute atomic E-state index is 11.4. The van der Waals surface area contributed by atoms with E-state index in [9.17, 15) is 14.9 Å². The molecule has 0 bridgehead atoms. The number of thiophene rings is 1. The monoisotopic (exact) mass is 255 g/mol. The van der Waals surface area contributed by atoms with Gasteiger partial charge in [-0.2, -0.15) is 5.10 Å². The largest absolute Gasteiger partial charge is 0.324 e. The predicted molar refractivity (Wildman–Crippen MR) is 66.2 cm³/mol. The van der Waals surface area contributed by atoms with Gasteiger partial charge in [-0.05, 0) is 6.07 Å². The number of carbonyl (C=O) groups is 1. The average molecular weight is 255 g/mol. The zero-order valence-corrected chi connectivity index (χ0v) is 10.6. The summed E-state index contributed by atoms with van der Waals surface area (Å²) < 4.78 is 0. The molecule has 0 aromatic carbocycles. The van der Waals surface area contributed by atoms with Crippen LogP contribution in [0.5, 0.6) is 0 Å². The van der Waals surface area contributed by atoms with Crippen LogP contribution in [-0.2, 0) is 4.79 Å². The molecule has 0 unspecified atom stereocenters. The fourth-order valence-electron chi connectivity index (χ4n) is 0.832. The molecule has 0 saturated heterocycles. The molecule has 0 aliphatic heterocycles. The standard InChI is InChI=1S/C10H13N3O3S/c1-10(2,3)9(14)12-11-6-7-4-5-8(17-7)13(15)16/h4-6H,1-3H3,(H,12,14). The van der Waals surface area contributed by atoms with Gasteiger partial charge in [-0.3, -0.25) is 14.9 Å². The summed E-state index contributed by atoms with van der Waals surface area (Å²) in [5, 5.41) is 14.2. The first-order valence-corrected chi connectivity index (χ1v) is 5.70. The van der Waals surface area contributed by atoms with Crippen molar-refractivity contribution in [2.75, 3.05) is 0 Å². The molecule has 0 fully saturated rings. The van der Waals surface area contributed by atoms with Gasteiger partial charge in [0.2, 0.25) is 5.91 Å². The summed E-state index contributed by atoms with van der Waals surface area (Å²) >= 11 is 1.00. The van der Waals surface area contributed by atoms with Crippen LogP contribution in [0.1, 0.15) is 25.6 Å². The third kappa shape index (κ3) is 3.95. The molecule has 0 aliphatic carbocycles. The Kier molecular flexibility index (Phi) is 3.95. The van der Waals surface area contributed by atoms with Gasteiger partial charge < -0.3 is 0 Å². The molecule has 1 N–H and O–H groups in total. The van der Waals surface area contributed by atoms with Crippen molar-refractivity contribution in [2.24, 2.45) is 10.5 Å². The normalized spacial score (nSPS) is 11.7. The van der Waals surface area contributed by atoms with E-state index in [4.69, 9.17) is 0 Å². The van der Waals surface area contributed by atoms with Crippen molar-refractivity contribution in [3.05, 3.63) is 27.1 Å². The second kappa shape index (κ2) is 5.05. The highest BCUT2D eigenvalue weighted by molar-refractivity contribution is 7.16. The molecule has 1 heterocycles. The van der Waals surface area contributed by atoms with Gasteiger partial charge in [0, 0.05) is 11.5 Å². The van der Waals surface area contributed by atoms with Crippen molar-refractivity contribution in [2.45, 2.75) is 20.8 Å². The molecule has 92 valence electrons. The van der Waals surface area contributed by atoms with Gasteiger partial charge in [0.15, 0.2) is 0 Å². The number of nitrogens with one attached hydrogen (secondary N) is 1. The molecular weight excluding hydrogens is 242 g/mol. The van der Waals surface area contributed by atoms with Gasteiger partial charge in [0.1, 0.15) is 0 Å². The maximum Gasteiger partial charge on any atom is 0.324 e. The Bertz CT molecular complexity index is 460. The lowest BCUT2D eigenvalue weighted by Crippen LogP contribution is -2.31. The number of nitro groups is 1. The molecule has 0 radical (unpaired) electrons. The van der Waals surface area contributed by atoms with E-state index in [0.29, 0.717) is 4.88 Å². The van der Waals surface area contributed by atoms with Crippen LogP contribution in [0.15, 0.2) is 17.2 Å². The van der Waals surface area contributed by atoms with Crippen LogP contribution < -0.4 is 5.43 Å². The minimum absolute atomic E-state index is 0.0496. The van der Waals surface area contributed by atoms with Gasteiger partial charge in [-0.15, -0.1) is 0 Å². The van der Waals surface area contributed by atoms with Gasteiger partial charge in [-0.1, -0.05) is 32.1 Å². The first-order valence-electron chi connectivity index (χ1n) is 4.88. The van der Waals surface area contributed by atoms with Gasteiger partial charge in [0.25, 0.3) is 0 Å². The summed E-state index contributed by atoms with van der Waals surface area (Å²) in [5.74, 6) is -0.209. The van der Waals surface area contributed by atoms with Crippen LogP contribution in [0.4, 0.5) is 5.00 Å². The van der Waals surface area contributed by atoms with Crippen LogP contribution in [0.25, 0.3) is 0 Å². The quantitative estimate of drug-likeness (QED) is 0.510. The first-order chi connectivity index (χ1) is 7.80. The summed E-state index contributed by atoms with van der Waals surface area (Å²) in [5.41, 5.74) is 1.86. The third-order valence-electron chi connectivity index (χ3n) is 1.83. The SMILES string of the molecule is CC(C)(C)C(=O)NN=Cc1ccc([N+](=O)[O-])s1. The van der Waals surface area contributed by atoms with Gasteiger partial charge >= 0.3 is 5.00 Å². The second-order valence-electron chi connectivity index (χ2n) is 4.38. The van der Waals surface area contributed by atoms with Gasteiger partial charge in [0.05, 0.1) is 16.0 Å². The summed E-state index contributed by atoms with van der Waals surface area (Å²) in [4.78, 5) is 22.0. The van der Waals surface area contributed by atoms with Crippen molar-refractivity contribution >= 4 is 28.5 Å². The van der Waals surface area contributed by atoms with E-state index in [2.05, 4.69) is 10.5 Å². The molecule has 1 aromatic rings. The van der Waals surface area contributed by atoms with Crippen LogP contribution in [0.3, 0.4) is 0 Å². The van der Waals surface area contributed by atoms with E-state index in [1.54, 1.807) is 26.8 Å². The van der Waals surface area contributed by atoms with E-state index in [1.807, 2.05) is 0 Å². The highest BCUT2D eigenvalue weighted by Crippen LogP contribution is 2.22. The Balaban J connectivity index is 2.60. The molecular formula is C10H13N3O3S. The maximum atomic E-state index is 11.4. The highest BCUT2D eigenvalue weighted by atomic mass is 32.1. The Morgan fingerprint density at radius 1 is 1.53 bits per heavy atom. The molecule has 0 spiro atoms. The molecule has 6 nitrogen and oxygen atoms in total. The number of hydrazone groups is 1. The molecule has 0 saturated carbocycles. The van der Waals surface area contributed by atoms with Crippen molar-refractivity contribution in [3.63, 3.8) is 0 Å². The molecule has 0 atom stereocenters. The summed E-state index contributed by atoms with van der Waals surface area (Å²) in [6, 6.07) is 2.98. The number of hydrogen-bond acceptors (Lipinski definition) is 5. The summed E-state index contributed by atoms with van der Waals surface area (Å²) in [6.45, 7) is 5.31. The summed E-state index contributed by atoms with van der Waals surface area (Å²) in [7, 11) is 0. The van der Waals surface area contributed by atoms with Crippen LogP contribution in [0, 0.1) is 15.5 Å². The number of amides is 1. The lowest BCUT2D eigenvalue weighted by atomic mass is 9.96. The first kappa shape index (κ1) is 13.3. The van der Waals surface area contributed by atoms with Crippen molar-refractivity contribution in [1.82, 2.24) is 5.43 Å². The topological polar surface area (TPSA) is 84.6 Å². The number of carbonyl (C=O) groups excluding carboxylic acids is 1. The van der Waals surface area contributed by atoms with E-state index in [1.165, 1.54) is 12.3 Å². The van der Waals surface area contributed by atoms with Crippen molar-refractivity contribution in [3.8, 4) is 0 Å². The van der Waals surface area contributed by atoms with Crippen LogP contribution in [0.2, 0.25) is 0 Å². The summed E-state index contributed by atoms with van der Waals surface area (Å²) in [6.07, 6.45) is 1.39. The molecule has 0 aliphatic rings. The lowest BCUT2D eigenvalue weighted by Gasteiger charge is -2.14. The number of nitrogens with zero attached hydrogens (tertiary/aromatic N) is 2. The fourth-order valence-corrected chi connectivity index (χ4v) is 1.53. The fraction of sp³-hybridized carbons (Fsp3) is 0.400. The minimum Gasteiger partial charge on any atom is -0.273 e. The zero-order chi connectivity index (χ0) is 13.1. The van der Waals surface area contributed by atoms with Gasteiger partial charge in [-0.25, -0.2) is 5.43 Å². The van der Waals surface area contributed by atoms with E-state index in [-0.39, 0.29) is 10.9 Å². The lowest BCUT2D eigenvalue weighted by molar-refractivity contribution is -0.380. The Labute approximate surface area is 102 Å². The van der Waals surface area contributed by atoms with E-state index < -0.39 is 10.3 Å². The predicted octanol–water partition coefficient (Wildman–Crippen LogP) is 2.15. The Hall–Kier alpha value is -1.76. The number of hydrogen-bond donors (Lipinski definition) is 1. The molecule has 1 aromatic heterocycles. The second-order valence-corrected chi connectivity index (χ2v) is 5.48. The number of rotatable bonds is 3. The smallest absolute Gasteiger partial charge is 0.273 e. The zero-order valence-electron chi connectivity index (χ0n) is 9.76. The highest BCUT2D eigenvalue weighted by Gasteiger charge is 2.20. The van der Waals surface area contributed by atoms with Crippen LogP contribution >= 0.6 is 11.3 Å². The molecule has 1 amide bonds. The van der Waals surface area contributed by atoms with E-state index in [0.717, 1.165) is 11.3 Å². The molecule has 17 heavy (non-hydrogen) atoms. The third-order valence-corrected chi connectivity index (χ3v) is 2.80. The Morgan fingerprint density at radius 3 is 2.65 bits per heavy atom. The van der Waals surface area contributed by atoms with Crippen molar-refractivity contribution < 1.29 is 9.72 Å². The van der Waals surface area contributed by atoms with Crippen LogP contribution in [-0.4, -0.2) is 17.0 Å².